The van der Waals surface area contributed by atoms with Crippen molar-refractivity contribution in [3.63, 3.8) is 0 Å². The molecule has 0 spiro atoms. The topological polar surface area (TPSA) is 53.6 Å². The third-order valence-corrected chi connectivity index (χ3v) is 3.70. The smallest absolute Gasteiger partial charge is 0.177 e. The first-order valence-corrected chi connectivity index (χ1v) is 6.41. The Hall–Kier alpha value is -1.42. The van der Waals surface area contributed by atoms with Crippen molar-refractivity contribution < 1.29 is 0 Å². The maximum Gasteiger partial charge on any atom is 0.177 e. The first-order valence-electron chi connectivity index (χ1n) is 6.41. The molecule has 0 saturated carbocycles. The van der Waals surface area contributed by atoms with Crippen LogP contribution >= 0.6 is 0 Å². The van der Waals surface area contributed by atoms with Gasteiger partial charge in [0.2, 0.25) is 0 Å². The van der Waals surface area contributed by atoms with Crippen LogP contribution in [-0.2, 0) is 0 Å². The van der Waals surface area contributed by atoms with Crippen LogP contribution in [0.15, 0.2) is 18.3 Å². The zero-order valence-electron chi connectivity index (χ0n) is 10.1. The number of aromatic nitrogens is 3. The molecule has 1 aliphatic heterocycles. The molecule has 3 rings (SSSR count). The van der Waals surface area contributed by atoms with Crippen molar-refractivity contribution >= 4 is 11.2 Å². The van der Waals surface area contributed by atoms with E-state index >= 15 is 0 Å². The minimum Gasteiger partial charge on any atom is -0.339 e. The van der Waals surface area contributed by atoms with Crippen molar-refractivity contribution in [1.82, 2.24) is 20.3 Å². The van der Waals surface area contributed by atoms with Gasteiger partial charge in [0, 0.05) is 6.20 Å². The summed E-state index contributed by atoms with van der Waals surface area (Å²) < 4.78 is 0. The molecule has 2 atom stereocenters. The molecule has 0 aliphatic carbocycles. The molecule has 2 aromatic rings. The van der Waals surface area contributed by atoms with Gasteiger partial charge in [-0.3, -0.25) is 0 Å². The lowest BCUT2D eigenvalue weighted by Crippen LogP contribution is -2.32. The van der Waals surface area contributed by atoms with E-state index in [9.17, 15) is 0 Å². The van der Waals surface area contributed by atoms with Crippen molar-refractivity contribution in [3.8, 4) is 0 Å². The van der Waals surface area contributed by atoms with Gasteiger partial charge in [-0.2, -0.15) is 0 Å². The summed E-state index contributed by atoms with van der Waals surface area (Å²) in [4.78, 5) is 12.2. The van der Waals surface area contributed by atoms with E-state index < -0.39 is 0 Å². The Bertz CT molecular complexity index is 472. The zero-order valence-corrected chi connectivity index (χ0v) is 10.1. The molecule has 2 aromatic heterocycles. The Morgan fingerprint density at radius 2 is 2.41 bits per heavy atom. The minimum absolute atomic E-state index is 0.364. The fourth-order valence-electron chi connectivity index (χ4n) is 2.60. The van der Waals surface area contributed by atoms with Gasteiger partial charge in [0.05, 0.1) is 11.6 Å². The first kappa shape index (κ1) is 10.7. The Labute approximate surface area is 101 Å². The number of aromatic amines is 1. The summed E-state index contributed by atoms with van der Waals surface area (Å²) in [7, 11) is 0. The van der Waals surface area contributed by atoms with E-state index in [0.717, 1.165) is 29.5 Å². The van der Waals surface area contributed by atoms with Crippen molar-refractivity contribution in [2.24, 2.45) is 5.92 Å². The van der Waals surface area contributed by atoms with Crippen LogP contribution in [0.1, 0.15) is 38.1 Å². The van der Waals surface area contributed by atoms with E-state index in [1.54, 1.807) is 6.20 Å². The van der Waals surface area contributed by atoms with Crippen LogP contribution in [0, 0.1) is 5.92 Å². The predicted octanol–water partition coefficient (Wildman–Crippen LogP) is 2.41. The maximum atomic E-state index is 4.58. The fourth-order valence-corrected chi connectivity index (χ4v) is 2.60. The van der Waals surface area contributed by atoms with Crippen LogP contribution in [0.4, 0.5) is 0 Å². The van der Waals surface area contributed by atoms with Gasteiger partial charge in [-0.25, -0.2) is 9.97 Å². The summed E-state index contributed by atoms with van der Waals surface area (Å²) in [6, 6.07) is 4.33. The van der Waals surface area contributed by atoms with E-state index in [-0.39, 0.29) is 0 Å². The quantitative estimate of drug-likeness (QED) is 0.833. The largest absolute Gasteiger partial charge is 0.339 e. The van der Waals surface area contributed by atoms with Gasteiger partial charge in [-0.05, 0) is 37.4 Å². The molecule has 1 saturated heterocycles. The van der Waals surface area contributed by atoms with Crippen molar-refractivity contribution in [1.29, 1.82) is 0 Å². The van der Waals surface area contributed by atoms with Gasteiger partial charge in [-0.1, -0.05) is 13.3 Å². The first-order chi connectivity index (χ1) is 8.36. The average Bonchev–Trinajstić information content (AvgIpc) is 2.82. The molecule has 1 aliphatic rings. The number of hydrogen-bond acceptors (Lipinski definition) is 3. The number of imidazole rings is 1. The maximum absolute atomic E-state index is 4.58. The lowest BCUT2D eigenvalue weighted by atomic mass is 9.90. The third kappa shape index (κ3) is 2.05. The second kappa shape index (κ2) is 4.45. The number of piperidine rings is 1. The lowest BCUT2D eigenvalue weighted by molar-refractivity contribution is 0.292. The SMILES string of the molecule is CCC1CCNC(c2nc3ncccc3[nH]2)C1. The predicted molar refractivity (Wildman–Crippen MR) is 67.6 cm³/mol. The highest BCUT2D eigenvalue weighted by atomic mass is 15.1. The molecule has 90 valence electrons. The van der Waals surface area contributed by atoms with Gasteiger partial charge < -0.3 is 10.3 Å². The summed E-state index contributed by atoms with van der Waals surface area (Å²) in [5, 5.41) is 3.54. The summed E-state index contributed by atoms with van der Waals surface area (Å²) in [5.41, 5.74) is 1.85. The number of fused-ring (bicyclic) bond motifs is 1. The Kier molecular flexibility index (Phi) is 2.81. The fraction of sp³-hybridized carbons (Fsp3) is 0.538. The molecule has 17 heavy (non-hydrogen) atoms. The summed E-state index contributed by atoms with van der Waals surface area (Å²) in [5.74, 6) is 1.86. The number of hydrogen-bond donors (Lipinski definition) is 2. The van der Waals surface area contributed by atoms with Gasteiger partial charge in [0.15, 0.2) is 5.65 Å². The average molecular weight is 230 g/mol. The van der Waals surface area contributed by atoms with Crippen molar-refractivity contribution in [2.75, 3.05) is 6.54 Å². The second-order valence-corrected chi connectivity index (χ2v) is 4.80. The standard InChI is InChI=1S/C13H18N4/c1-2-9-5-7-14-11(8-9)13-16-10-4-3-6-15-12(10)17-13/h3-4,6,9,11,14H,2,5,7-8H2,1H3,(H,15,16,17). The number of rotatable bonds is 2. The van der Waals surface area contributed by atoms with E-state index in [1.165, 1.54) is 19.3 Å². The molecule has 1 fully saturated rings. The molecule has 4 heteroatoms. The highest BCUT2D eigenvalue weighted by Gasteiger charge is 2.23. The van der Waals surface area contributed by atoms with E-state index in [2.05, 4.69) is 27.2 Å². The van der Waals surface area contributed by atoms with E-state index in [4.69, 9.17) is 0 Å². The number of nitrogens with zero attached hydrogens (tertiary/aromatic N) is 2. The van der Waals surface area contributed by atoms with Gasteiger partial charge in [-0.15, -0.1) is 0 Å². The molecule has 0 bridgehead atoms. The van der Waals surface area contributed by atoms with Gasteiger partial charge in [0.1, 0.15) is 5.82 Å². The summed E-state index contributed by atoms with van der Waals surface area (Å²) in [6.07, 6.45) is 5.51. The Balaban J connectivity index is 1.87. The molecule has 4 nitrogen and oxygen atoms in total. The second-order valence-electron chi connectivity index (χ2n) is 4.80. The van der Waals surface area contributed by atoms with Crippen LogP contribution < -0.4 is 5.32 Å². The molecule has 0 radical (unpaired) electrons. The van der Waals surface area contributed by atoms with Crippen LogP contribution in [-0.4, -0.2) is 21.5 Å². The molecule has 2 N–H and O–H groups in total. The van der Waals surface area contributed by atoms with E-state index in [0.29, 0.717) is 6.04 Å². The molecule has 0 amide bonds. The normalized spacial score (nSPS) is 25.2. The van der Waals surface area contributed by atoms with Crippen LogP contribution in [0.2, 0.25) is 0 Å². The van der Waals surface area contributed by atoms with Crippen LogP contribution in [0.3, 0.4) is 0 Å². The monoisotopic (exact) mass is 230 g/mol. The lowest BCUT2D eigenvalue weighted by Gasteiger charge is -2.28. The minimum atomic E-state index is 0.364. The van der Waals surface area contributed by atoms with Gasteiger partial charge in [0.25, 0.3) is 0 Å². The zero-order chi connectivity index (χ0) is 11.7. The highest BCUT2D eigenvalue weighted by molar-refractivity contribution is 5.69. The van der Waals surface area contributed by atoms with Crippen molar-refractivity contribution in [2.45, 2.75) is 32.2 Å². The molecular formula is C13H18N4. The molecular weight excluding hydrogens is 212 g/mol. The third-order valence-electron chi connectivity index (χ3n) is 3.70. The van der Waals surface area contributed by atoms with E-state index in [1.807, 2.05) is 12.1 Å². The number of pyridine rings is 1. The summed E-state index contributed by atoms with van der Waals surface area (Å²) >= 11 is 0. The highest BCUT2D eigenvalue weighted by Crippen LogP contribution is 2.28. The summed E-state index contributed by atoms with van der Waals surface area (Å²) in [6.45, 7) is 3.36. The van der Waals surface area contributed by atoms with Crippen molar-refractivity contribution in [3.05, 3.63) is 24.2 Å². The number of nitrogens with one attached hydrogen (secondary N) is 2. The number of H-pyrrole nitrogens is 1. The van der Waals surface area contributed by atoms with Crippen LogP contribution in [0.25, 0.3) is 11.2 Å². The van der Waals surface area contributed by atoms with Crippen LogP contribution in [0.5, 0.6) is 0 Å². The van der Waals surface area contributed by atoms with Gasteiger partial charge >= 0.3 is 0 Å². The molecule has 2 unspecified atom stereocenters. The molecule has 0 aromatic carbocycles. The molecule has 3 heterocycles. The Morgan fingerprint density at radius 3 is 3.24 bits per heavy atom. The Morgan fingerprint density at radius 1 is 1.47 bits per heavy atom.